The molecule has 1 heterocycles. The summed E-state index contributed by atoms with van der Waals surface area (Å²) in [7, 11) is 1.29. The van der Waals surface area contributed by atoms with Gasteiger partial charge in [-0.15, -0.1) is 0 Å². The second-order valence-electron chi connectivity index (χ2n) is 6.60. The third-order valence-corrected chi connectivity index (χ3v) is 4.68. The molecule has 1 aliphatic rings. The SMILES string of the molecule is CCCCC.COC(=O)CN1C(=O)CN=C(c2ccccc2)c2cc(Cl)ccc21. The van der Waals surface area contributed by atoms with Crippen LogP contribution < -0.4 is 4.90 Å². The topological polar surface area (TPSA) is 59.0 Å². The zero-order valence-corrected chi connectivity index (χ0v) is 17.9. The van der Waals surface area contributed by atoms with Gasteiger partial charge in [0, 0.05) is 16.1 Å². The minimum atomic E-state index is -0.493. The smallest absolute Gasteiger partial charge is 0.325 e. The fraction of sp³-hybridized carbons (Fsp3) is 0.348. The number of hydrogen-bond donors (Lipinski definition) is 0. The van der Waals surface area contributed by atoms with E-state index in [9.17, 15) is 9.59 Å². The van der Waals surface area contributed by atoms with Gasteiger partial charge in [-0.1, -0.05) is 75.0 Å². The third kappa shape index (κ3) is 6.16. The Morgan fingerprint density at radius 3 is 2.41 bits per heavy atom. The molecule has 0 aromatic heterocycles. The molecule has 5 nitrogen and oxygen atoms in total. The van der Waals surface area contributed by atoms with Crippen LogP contribution >= 0.6 is 11.6 Å². The van der Waals surface area contributed by atoms with Gasteiger partial charge in [-0.25, -0.2) is 0 Å². The number of halogens is 1. The van der Waals surface area contributed by atoms with E-state index >= 15 is 0 Å². The molecular formula is C23H27ClN2O3. The minimum absolute atomic E-state index is 0.0481. The number of aliphatic imine (C=N–C) groups is 1. The second kappa shape index (κ2) is 11.4. The average Bonchev–Trinajstić information content (AvgIpc) is 2.86. The first-order valence-electron chi connectivity index (χ1n) is 9.78. The Morgan fingerprint density at radius 1 is 1.14 bits per heavy atom. The largest absolute Gasteiger partial charge is 0.468 e. The van der Waals surface area contributed by atoms with Gasteiger partial charge in [-0.05, 0) is 18.2 Å². The van der Waals surface area contributed by atoms with Gasteiger partial charge < -0.3 is 4.74 Å². The van der Waals surface area contributed by atoms with Crippen molar-refractivity contribution in [2.75, 3.05) is 25.1 Å². The van der Waals surface area contributed by atoms with E-state index in [1.165, 1.54) is 31.3 Å². The van der Waals surface area contributed by atoms with Crippen LogP contribution in [0.1, 0.15) is 44.2 Å². The molecule has 0 bridgehead atoms. The van der Waals surface area contributed by atoms with Crippen molar-refractivity contribution in [2.45, 2.75) is 33.1 Å². The number of benzodiazepines with no additional fused rings is 1. The Balaban J connectivity index is 0.000000537. The van der Waals surface area contributed by atoms with Gasteiger partial charge >= 0.3 is 5.97 Å². The van der Waals surface area contributed by atoms with Crippen LogP contribution in [0.5, 0.6) is 0 Å². The van der Waals surface area contributed by atoms with Gasteiger partial charge in [-0.3, -0.25) is 19.5 Å². The van der Waals surface area contributed by atoms with Crippen molar-refractivity contribution >= 4 is 34.9 Å². The summed E-state index contributed by atoms with van der Waals surface area (Å²) in [5, 5.41) is 0.532. The summed E-state index contributed by atoms with van der Waals surface area (Å²) >= 11 is 6.15. The van der Waals surface area contributed by atoms with E-state index in [0.29, 0.717) is 22.0 Å². The summed E-state index contributed by atoms with van der Waals surface area (Å²) in [6, 6.07) is 14.7. The number of anilines is 1. The maximum Gasteiger partial charge on any atom is 0.325 e. The van der Waals surface area contributed by atoms with Gasteiger partial charge in [0.1, 0.15) is 13.1 Å². The molecule has 0 saturated heterocycles. The lowest BCUT2D eigenvalue weighted by atomic mass is 10.0. The maximum atomic E-state index is 12.5. The number of unbranched alkanes of at least 4 members (excludes halogenated alkanes) is 2. The zero-order valence-electron chi connectivity index (χ0n) is 17.2. The fourth-order valence-electron chi connectivity index (χ4n) is 2.95. The van der Waals surface area contributed by atoms with Gasteiger partial charge in [-0.2, -0.15) is 0 Å². The van der Waals surface area contributed by atoms with Crippen LogP contribution in [0.3, 0.4) is 0 Å². The van der Waals surface area contributed by atoms with Gasteiger partial charge in [0.05, 0.1) is 18.5 Å². The number of carbonyl (C=O) groups is 2. The lowest BCUT2D eigenvalue weighted by Gasteiger charge is -2.22. The van der Waals surface area contributed by atoms with Crippen molar-refractivity contribution in [3.05, 3.63) is 64.7 Å². The molecule has 0 N–H and O–H groups in total. The van der Waals surface area contributed by atoms with E-state index in [-0.39, 0.29) is 19.0 Å². The van der Waals surface area contributed by atoms with E-state index in [0.717, 1.165) is 5.56 Å². The normalized spacial score (nSPS) is 12.9. The molecular weight excluding hydrogens is 388 g/mol. The molecule has 0 radical (unpaired) electrons. The van der Waals surface area contributed by atoms with Gasteiger partial charge in [0.15, 0.2) is 0 Å². The van der Waals surface area contributed by atoms with E-state index < -0.39 is 5.97 Å². The minimum Gasteiger partial charge on any atom is -0.468 e. The molecule has 29 heavy (non-hydrogen) atoms. The Bertz CT molecular complexity index is 864. The molecule has 0 atom stereocenters. The highest BCUT2D eigenvalue weighted by Gasteiger charge is 2.27. The number of fused-ring (bicyclic) bond motifs is 1. The summed E-state index contributed by atoms with van der Waals surface area (Å²) in [4.78, 5) is 30.0. The number of carbonyl (C=O) groups excluding carboxylic acids is 2. The van der Waals surface area contributed by atoms with Gasteiger partial charge in [0.2, 0.25) is 5.91 Å². The molecule has 6 heteroatoms. The van der Waals surface area contributed by atoms with Crippen molar-refractivity contribution in [3.8, 4) is 0 Å². The molecule has 0 aliphatic carbocycles. The van der Waals surface area contributed by atoms with E-state index in [2.05, 4.69) is 18.8 Å². The number of benzene rings is 2. The van der Waals surface area contributed by atoms with Crippen LogP contribution in [0.2, 0.25) is 5.02 Å². The van der Waals surface area contributed by atoms with Crippen molar-refractivity contribution in [1.82, 2.24) is 0 Å². The average molecular weight is 415 g/mol. The number of rotatable bonds is 5. The predicted molar refractivity (Wildman–Crippen MR) is 118 cm³/mol. The highest BCUT2D eigenvalue weighted by Crippen LogP contribution is 2.29. The van der Waals surface area contributed by atoms with Crippen molar-refractivity contribution in [2.24, 2.45) is 4.99 Å². The fourth-order valence-corrected chi connectivity index (χ4v) is 3.12. The number of ether oxygens (including phenoxy) is 1. The van der Waals surface area contributed by atoms with Crippen LogP contribution in [0.25, 0.3) is 0 Å². The van der Waals surface area contributed by atoms with Crippen molar-refractivity contribution < 1.29 is 14.3 Å². The van der Waals surface area contributed by atoms with Crippen LogP contribution in [-0.4, -0.2) is 37.8 Å². The number of amides is 1. The third-order valence-electron chi connectivity index (χ3n) is 4.45. The van der Waals surface area contributed by atoms with Crippen molar-refractivity contribution in [3.63, 3.8) is 0 Å². The standard InChI is InChI=1S/C18H15ClN2O3.C5H12/c1-24-17(23)11-21-15-8-7-13(19)9-14(15)18(20-10-16(21)22)12-5-3-2-4-6-12;1-3-5-4-2/h2-9H,10-11H2,1H3;3-5H2,1-2H3. The second-order valence-corrected chi connectivity index (χ2v) is 7.04. The summed E-state index contributed by atoms with van der Waals surface area (Å²) < 4.78 is 4.70. The van der Waals surface area contributed by atoms with E-state index in [4.69, 9.17) is 16.3 Å². The summed E-state index contributed by atoms with van der Waals surface area (Å²) in [5.41, 5.74) is 2.86. The molecule has 2 aromatic rings. The highest BCUT2D eigenvalue weighted by atomic mass is 35.5. The summed E-state index contributed by atoms with van der Waals surface area (Å²) in [5.74, 6) is -0.762. The molecule has 154 valence electrons. The van der Waals surface area contributed by atoms with Crippen LogP contribution in [0.4, 0.5) is 5.69 Å². The maximum absolute atomic E-state index is 12.5. The van der Waals surface area contributed by atoms with Crippen LogP contribution in [0, 0.1) is 0 Å². The molecule has 1 amide bonds. The Kier molecular flexibility index (Phi) is 8.87. The lowest BCUT2D eigenvalue weighted by molar-refractivity contribution is -0.139. The quantitative estimate of drug-likeness (QED) is 0.654. The molecule has 2 aromatic carbocycles. The first-order valence-corrected chi connectivity index (χ1v) is 10.2. The lowest BCUT2D eigenvalue weighted by Crippen LogP contribution is -2.37. The Morgan fingerprint density at radius 2 is 1.83 bits per heavy atom. The number of hydrogen-bond acceptors (Lipinski definition) is 4. The van der Waals surface area contributed by atoms with Crippen molar-refractivity contribution in [1.29, 1.82) is 0 Å². The highest BCUT2D eigenvalue weighted by molar-refractivity contribution is 6.32. The molecule has 0 saturated carbocycles. The summed E-state index contributed by atoms with van der Waals surface area (Å²) in [6.45, 7) is 4.21. The first-order chi connectivity index (χ1) is 14.0. The Labute approximate surface area is 177 Å². The monoisotopic (exact) mass is 414 g/mol. The predicted octanol–water partition coefficient (Wildman–Crippen LogP) is 4.89. The van der Waals surface area contributed by atoms with E-state index in [1.807, 2.05) is 30.3 Å². The Hall–Kier alpha value is -2.66. The molecule has 0 unspecified atom stereocenters. The van der Waals surface area contributed by atoms with E-state index in [1.54, 1.807) is 18.2 Å². The van der Waals surface area contributed by atoms with Gasteiger partial charge in [0.25, 0.3) is 0 Å². The molecule has 0 fully saturated rings. The van der Waals surface area contributed by atoms with Crippen LogP contribution in [-0.2, 0) is 14.3 Å². The molecule has 0 spiro atoms. The molecule has 3 rings (SSSR count). The number of nitrogens with zero attached hydrogens (tertiary/aromatic N) is 2. The molecule has 1 aliphatic heterocycles. The zero-order chi connectivity index (χ0) is 21.2. The number of esters is 1. The number of methoxy groups -OCH3 is 1. The summed E-state index contributed by atoms with van der Waals surface area (Å²) in [6.07, 6.45) is 4.08. The first kappa shape index (κ1) is 22.6. The van der Waals surface area contributed by atoms with Crippen LogP contribution in [0.15, 0.2) is 53.5 Å².